The highest BCUT2D eigenvalue weighted by atomic mass is 16.5. The van der Waals surface area contributed by atoms with Gasteiger partial charge in [-0.15, -0.1) is 0 Å². The molecular formula is C35H44N8O2. The van der Waals surface area contributed by atoms with Gasteiger partial charge in [-0.2, -0.15) is 15.0 Å². The van der Waals surface area contributed by atoms with Crippen molar-refractivity contribution in [3.05, 3.63) is 54.1 Å². The lowest BCUT2D eigenvalue weighted by Gasteiger charge is -2.48. The van der Waals surface area contributed by atoms with Crippen LogP contribution in [0.3, 0.4) is 0 Å². The first-order valence-electron chi connectivity index (χ1n) is 16.9. The number of morpholine rings is 1. The summed E-state index contributed by atoms with van der Waals surface area (Å²) in [5.41, 5.74) is 4.11. The average Bonchev–Trinajstić information content (AvgIpc) is 3.60. The van der Waals surface area contributed by atoms with E-state index in [0.29, 0.717) is 29.0 Å². The molecule has 0 spiro atoms. The molecule has 10 heteroatoms. The number of ether oxygens (including phenoxy) is 1. The van der Waals surface area contributed by atoms with E-state index in [1.807, 2.05) is 36.4 Å². The minimum absolute atomic E-state index is 0.247. The second-order valence-electron chi connectivity index (χ2n) is 13.9. The fourth-order valence-corrected chi connectivity index (χ4v) is 8.27. The molecule has 10 nitrogen and oxygen atoms in total. The number of hydrogen-bond donors (Lipinski definition) is 2. The predicted octanol–water partition coefficient (Wildman–Crippen LogP) is 5.66. The summed E-state index contributed by atoms with van der Waals surface area (Å²) in [6, 6.07) is 16.7. The smallest absolute Gasteiger partial charge is 0.323 e. The summed E-state index contributed by atoms with van der Waals surface area (Å²) >= 11 is 0. The van der Waals surface area contributed by atoms with Gasteiger partial charge in [-0.1, -0.05) is 12.1 Å². The Hall–Kier alpha value is -3.76. The van der Waals surface area contributed by atoms with Gasteiger partial charge in [0.05, 0.1) is 12.2 Å². The van der Waals surface area contributed by atoms with Crippen LogP contribution in [-0.4, -0.2) is 82.9 Å². The van der Waals surface area contributed by atoms with E-state index in [1.165, 1.54) is 44.5 Å². The molecule has 0 aliphatic carbocycles. The van der Waals surface area contributed by atoms with Gasteiger partial charge < -0.3 is 30.1 Å². The highest BCUT2D eigenvalue weighted by molar-refractivity contribution is 5.99. The zero-order valence-electron chi connectivity index (χ0n) is 26.4. The number of nitrogens with zero attached hydrogens (tertiary/aromatic N) is 6. The zero-order chi connectivity index (χ0) is 30.5. The van der Waals surface area contributed by atoms with Crippen molar-refractivity contribution in [1.82, 2.24) is 19.9 Å². The SMILES string of the molecule is CC1CCC(C)N1c1nc(-c2ccc(NC(=O)Nc3ccc(C45CCN(CC4)CC5)cc3)cc2)nc(N2CC3CCC(C2)O3)n1. The van der Waals surface area contributed by atoms with Gasteiger partial charge in [0.2, 0.25) is 11.9 Å². The summed E-state index contributed by atoms with van der Waals surface area (Å²) in [7, 11) is 0. The number of fused-ring (bicyclic) bond motifs is 5. The van der Waals surface area contributed by atoms with Crippen LogP contribution in [0.25, 0.3) is 11.4 Å². The van der Waals surface area contributed by atoms with Crippen molar-refractivity contribution in [2.24, 2.45) is 0 Å². The van der Waals surface area contributed by atoms with E-state index in [1.54, 1.807) is 0 Å². The van der Waals surface area contributed by atoms with E-state index in [-0.39, 0.29) is 18.2 Å². The molecule has 0 saturated carbocycles. The first kappa shape index (κ1) is 28.7. The van der Waals surface area contributed by atoms with E-state index in [0.717, 1.165) is 61.9 Å². The second kappa shape index (κ2) is 11.6. The minimum Gasteiger partial charge on any atom is -0.371 e. The van der Waals surface area contributed by atoms with Crippen LogP contribution in [-0.2, 0) is 10.2 Å². The van der Waals surface area contributed by atoms with Gasteiger partial charge in [0.15, 0.2) is 5.82 Å². The molecule has 2 aromatic carbocycles. The summed E-state index contributed by atoms with van der Waals surface area (Å²) < 4.78 is 6.09. The number of hydrogen-bond acceptors (Lipinski definition) is 8. The average molecular weight is 609 g/mol. The van der Waals surface area contributed by atoms with Gasteiger partial charge >= 0.3 is 6.03 Å². The maximum atomic E-state index is 12.9. The number of anilines is 4. The minimum atomic E-state index is -0.261. The van der Waals surface area contributed by atoms with Crippen LogP contribution in [0, 0.1) is 0 Å². The third kappa shape index (κ3) is 5.63. The molecule has 6 saturated heterocycles. The Morgan fingerprint density at radius 2 is 1.31 bits per heavy atom. The Balaban J connectivity index is 0.971. The van der Waals surface area contributed by atoms with Crippen LogP contribution >= 0.6 is 0 Å². The van der Waals surface area contributed by atoms with Gasteiger partial charge in [0.1, 0.15) is 0 Å². The number of rotatable bonds is 6. The standard InChI is InChI=1S/C35H44N8O2/c1-23-3-4-24(2)43(23)33-39-31(38-32(40-33)42-21-29-13-14-30(22-42)45-29)25-5-9-27(10-6-25)36-34(44)37-28-11-7-26(8-12-28)35-15-18-41(19-16-35)20-17-35/h5-12,23-24,29-30H,3-4,13-22H2,1-2H3,(H2,36,37,44). The molecule has 6 fully saturated rings. The summed E-state index contributed by atoms with van der Waals surface area (Å²) in [6.07, 6.45) is 8.64. The van der Waals surface area contributed by atoms with Crippen LogP contribution in [0.15, 0.2) is 48.5 Å². The van der Waals surface area contributed by atoms with Crippen LogP contribution in [0.4, 0.5) is 28.1 Å². The predicted molar refractivity (Wildman–Crippen MR) is 177 cm³/mol. The zero-order valence-corrected chi connectivity index (χ0v) is 26.4. The van der Waals surface area contributed by atoms with Crippen LogP contribution in [0.5, 0.6) is 0 Å². The first-order chi connectivity index (χ1) is 21.9. The molecular weight excluding hydrogens is 564 g/mol. The maximum Gasteiger partial charge on any atom is 0.323 e. The number of amides is 2. The Morgan fingerprint density at radius 1 is 0.756 bits per heavy atom. The fraction of sp³-hybridized carbons (Fsp3) is 0.543. The molecule has 2 N–H and O–H groups in total. The van der Waals surface area contributed by atoms with Crippen molar-refractivity contribution in [3.8, 4) is 11.4 Å². The highest BCUT2D eigenvalue weighted by Crippen LogP contribution is 2.43. The summed E-state index contributed by atoms with van der Waals surface area (Å²) in [5, 5.41) is 5.98. The van der Waals surface area contributed by atoms with Crippen molar-refractivity contribution in [1.29, 1.82) is 0 Å². The Morgan fingerprint density at radius 3 is 1.91 bits per heavy atom. The van der Waals surface area contributed by atoms with Crippen LogP contribution in [0.1, 0.15) is 64.4 Å². The van der Waals surface area contributed by atoms with E-state index < -0.39 is 0 Å². The third-order valence-corrected chi connectivity index (χ3v) is 11.0. The Bertz CT molecular complexity index is 1500. The van der Waals surface area contributed by atoms with Crippen molar-refractivity contribution in [2.75, 3.05) is 53.2 Å². The van der Waals surface area contributed by atoms with Gasteiger partial charge in [-0.25, -0.2) is 4.79 Å². The number of carbonyl (C=O) groups is 1. The number of aromatic nitrogens is 3. The molecule has 7 heterocycles. The normalized spacial score (nSPS) is 30.5. The highest BCUT2D eigenvalue weighted by Gasteiger charge is 2.40. The van der Waals surface area contributed by atoms with E-state index in [2.05, 4.69) is 51.3 Å². The molecule has 4 unspecified atom stereocenters. The molecule has 4 atom stereocenters. The number of piperidine rings is 3. The molecule has 4 bridgehead atoms. The van der Waals surface area contributed by atoms with E-state index in [4.69, 9.17) is 19.7 Å². The molecule has 0 radical (unpaired) electrons. The lowest BCUT2D eigenvalue weighted by atomic mass is 9.67. The van der Waals surface area contributed by atoms with Gasteiger partial charge in [-0.3, -0.25) is 0 Å². The lowest BCUT2D eigenvalue weighted by Crippen LogP contribution is -2.50. The van der Waals surface area contributed by atoms with Crippen molar-refractivity contribution < 1.29 is 9.53 Å². The van der Waals surface area contributed by atoms with E-state index >= 15 is 0 Å². The van der Waals surface area contributed by atoms with Crippen molar-refractivity contribution in [2.45, 2.75) is 88.5 Å². The molecule has 3 aromatic rings. The molecule has 6 aliphatic heterocycles. The maximum absolute atomic E-state index is 12.9. The van der Waals surface area contributed by atoms with Gasteiger partial charge in [0.25, 0.3) is 0 Å². The molecule has 9 rings (SSSR count). The Kier molecular flexibility index (Phi) is 7.37. The molecule has 1 aromatic heterocycles. The number of nitrogens with one attached hydrogen (secondary N) is 2. The molecule has 2 amide bonds. The van der Waals surface area contributed by atoms with Crippen LogP contribution < -0.4 is 20.4 Å². The lowest BCUT2D eigenvalue weighted by molar-refractivity contribution is 0.0299. The Labute approximate surface area is 265 Å². The quantitative estimate of drug-likeness (QED) is 0.370. The van der Waals surface area contributed by atoms with E-state index in [9.17, 15) is 4.79 Å². The first-order valence-corrected chi connectivity index (χ1v) is 16.9. The second-order valence-corrected chi connectivity index (χ2v) is 13.9. The van der Waals surface area contributed by atoms with Crippen molar-refractivity contribution in [3.63, 3.8) is 0 Å². The summed E-state index contributed by atoms with van der Waals surface area (Å²) in [5.74, 6) is 2.12. The summed E-state index contributed by atoms with van der Waals surface area (Å²) in [4.78, 5) is 35.0. The fourth-order valence-electron chi connectivity index (χ4n) is 8.27. The van der Waals surface area contributed by atoms with Crippen molar-refractivity contribution >= 4 is 29.3 Å². The van der Waals surface area contributed by atoms with Gasteiger partial charge in [0, 0.05) is 42.1 Å². The van der Waals surface area contributed by atoms with Gasteiger partial charge in [-0.05, 0) is 126 Å². The monoisotopic (exact) mass is 608 g/mol. The molecule has 6 aliphatic rings. The molecule has 45 heavy (non-hydrogen) atoms. The number of urea groups is 1. The third-order valence-electron chi connectivity index (χ3n) is 11.0. The number of carbonyl (C=O) groups excluding carboxylic acids is 1. The largest absolute Gasteiger partial charge is 0.371 e. The molecule has 236 valence electrons. The topological polar surface area (TPSA) is 98.8 Å². The number of benzene rings is 2. The van der Waals surface area contributed by atoms with Crippen LogP contribution in [0.2, 0.25) is 0 Å². The summed E-state index contributed by atoms with van der Waals surface area (Å²) in [6.45, 7) is 9.71.